The van der Waals surface area contributed by atoms with Crippen molar-refractivity contribution in [2.75, 3.05) is 13.1 Å². The first-order valence-electron chi connectivity index (χ1n) is 7.18. The first kappa shape index (κ1) is 16.0. The minimum Gasteiger partial charge on any atom is -0.508 e. The van der Waals surface area contributed by atoms with Crippen LogP contribution in [0.3, 0.4) is 0 Å². The van der Waals surface area contributed by atoms with Crippen LogP contribution in [0.1, 0.15) is 39.7 Å². The highest BCUT2D eigenvalue weighted by Crippen LogP contribution is 2.26. The van der Waals surface area contributed by atoms with Gasteiger partial charge in [0.05, 0.1) is 6.10 Å². The lowest BCUT2D eigenvalue weighted by molar-refractivity contribution is -0.0190. The van der Waals surface area contributed by atoms with Crippen LogP contribution in [-0.2, 0) is 6.42 Å². The van der Waals surface area contributed by atoms with Crippen molar-refractivity contribution in [2.24, 2.45) is 0 Å². The third-order valence-electron chi connectivity index (χ3n) is 4.26. The Hall–Kier alpha value is -1.06. The lowest BCUT2D eigenvalue weighted by atomic mass is 9.85. The summed E-state index contributed by atoms with van der Waals surface area (Å²) in [5.74, 6) is 0.255. The molecule has 1 aromatic rings. The molecule has 0 saturated heterocycles. The van der Waals surface area contributed by atoms with Crippen LogP contribution in [0, 0.1) is 0 Å². The molecule has 19 heavy (non-hydrogen) atoms. The number of likely N-dealkylation sites (N-methyl/N-ethyl adjacent to an activating group) is 1. The molecule has 108 valence electrons. The van der Waals surface area contributed by atoms with Gasteiger partial charge in [0.2, 0.25) is 0 Å². The fraction of sp³-hybridized carbons (Fsp3) is 0.625. The Kier molecular flexibility index (Phi) is 5.83. The Morgan fingerprint density at radius 1 is 1.21 bits per heavy atom. The van der Waals surface area contributed by atoms with E-state index in [-0.39, 0.29) is 11.3 Å². The van der Waals surface area contributed by atoms with E-state index in [9.17, 15) is 10.2 Å². The maximum Gasteiger partial charge on any atom is 0.115 e. The van der Waals surface area contributed by atoms with E-state index in [4.69, 9.17) is 0 Å². The van der Waals surface area contributed by atoms with Gasteiger partial charge in [-0.1, -0.05) is 32.9 Å². The Balaban J connectivity index is 2.87. The van der Waals surface area contributed by atoms with E-state index in [0.717, 1.165) is 25.1 Å². The fourth-order valence-electron chi connectivity index (χ4n) is 2.74. The molecule has 3 heteroatoms. The molecule has 2 atom stereocenters. The number of hydrogen-bond acceptors (Lipinski definition) is 3. The molecular weight excluding hydrogens is 238 g/mol. The average Bonchev–Trinajstić information content (AvgIpc) is 2.39. The van der Waals surface area contributed by atoms with Crippen molar-refractivity contribution in [2.45, 2.75) is 52.2 Å². The summed E-state index contributed by atoms with van der Waals surface area (Å²) in [4.78, 5) is 2.31. The van der Waals surface area contributed by atoms with Gasteiger partial charge in [-0.2, -0.15) is 0 Å². The Morgan fingerprint density at radius 3 is 2.32 bits per heavy atom. The van der Waals surface area contributed by atoms with Gasteiger partial charge in [-0.25, -0.2) is 0 Å². The van der Waals surface area contributed by atoms with Crippen LogP contribution >= 0.6 is 0 Å². The minimum absolute atomic E-state index is 0.227. The molecule has 3 nitrogen and oxygen atoms in total. The van der Waals surface area contributed by atoms with Crippen molar-refractivity contribution in [3.05, 3.63) is 29.8 Å². The van der Waals surface area contributed by atoms with Crippen LogP contribution in [0.2, 0.25) is 0 Å². The predicted octanol–water partition coefficient (Wildman–Crippen LogP) is 2.81. The number of nitrogens with zero attached hydrogens (tertiary/aromatic N) is 1. The van der Waals surface area contributed by atoms with E-state index < -0.39 is 6.10 Å². The highest BCUT2D eigenvalue weighted by atomic mass is 16.3. The quantitative estimate of drug-likeness (QED) is 0.796. The number of aromatic hydroxyl groups is 1. The van der Waals surface area contributed by atoms with Crippen LogP contribution in [0.25, 0.3) is 0 Å². The second-order valence-corrected chi connectivity index (χ2v) is 5.27. The molecule has 0 aliphatic carbocycles. The molecule has 0 saturated carbocycles. The van der Waals surface area contributed by atoms with Gasteiger partial charge in [0, 0.05) is 12.0 Å². The van der Waals surface area contributed by atoms with E-state index in [1.54, 1.807) is 12.1 Å². The van der Waals surface area contributed by atoms with E-state index >= 15 is 0 Å². The van der Waals surface area contributed by atoms with E-state index in [1.165, 1.54) is 0 Å². The molecule has 0 heterocycles. The second kappa shape index (κ2) is 6.92. The summed E-state index contributed by atoms with van der Waals surface area (Å²) < 4.78 is 0. The van der Waals surface area contributed by atoms with Crippen LogP contribution in [0.15, 0.2) is 24.3 Å². The Labute approximate surface area is 116 Å². The first-order valence-corrected chi connectivity index (χ1v) is 7.18. The smallest absolute Gasteiger partial charge is 0.115 e. The average molecular weight is 265 g/mol. The minimum atomic E-state index is -0.445. The normalized spacial score (nSPS) is 16.3. The molecule has 0 aliphatic rings. The molecule has 2 unspecified atom stereocenters. The highest BCUT2D eigenvalue weighted by molar-refractivity contribution is 5.28. The zero-order valence-corrected chi connectivity index (χ0v) is 12.6. The maximum atomic E-state index is 10.6. The molecule has 0 spiro atoms. The van der Waals surface area contributed by atoms with Crippen molar-refractivity contribution in [3.63, 3.8) is 0 Å². The molecular formula is C16H27NO2. The third-order valence-corrected chi connectivity index (χ3v) is 4.26. The summed E-state index contributed by atoms with van der Waals surface area (Å²) in [7, 11) is 0. The summed E-state index contributed by atoms with van der Waals surface area (Å²) in [6, 6.07) is 7.14. The van der Waals surface area contributed by atoms with Crippen molar-refractivity contribution in [1.29, 1.82) is 0 Å². The van der Waals surface area contributed by atoms with Gasteiger partial charge in [0.25, 0.3) is 0 Å². The zero-order chi connectivity index (χ0) is 14.5. The number of rotatable bonds is 7. The molecule has 0 aromatic heterocycles. The van der Waals surface area contributed by atoms with Gasteiger partial charge >= 0.3 is 0 Å². The van der Waals surface area contributed by atoms with Gasteiger partial charge in [-0.3, -0.25) is 4.90 Å². The van der Waals surface area contributed by atoms with Crippen LogP contribution in [0.5, 0.6) is 5.75 Å². The van der Waals surface area contributed by atoms with E-state index in [0.29, 0.717) is 6.42 Å². The summed E-state index contributed by atoms with van der Waals surface area (Å²) in [5, 5.41) is 20.1. The van der Waals surface area contributed by atoms with Crippen LogP contribution < -0.4 is 0 Å². The lowest BCUT2D eigenvalue weighted by Crippen LogP contribution is -2.54. The largest absolute Gasteiger partial charge is 0.508 e. The second-order valence-electron chi connectivity index (χ2n) is 5.27. The molecule has 0 radical (unpaired) electrons. The summed E-state index contributed by atoms with van der Waals surface area (Å²) in [5.41, 5.74) is 0.744. The molecule has 0 fully saturated rings. The molecule has 2 N–H and O–H groups in total. The molecule has 1 aromatic carbocycles. The Morgan fingerprint density at radius 2 is 1.84 bits per heavy atom. The Bertz CT molecular complexity index is 390. The van der Waals surface area contributed by atoms with Gasteiger partial charge in [-0.05, 0) is 44.1 Å². The lowest BCUT2D eigenvalue weighted by Gasteiger charge is -2.43. The number of aliphatic hydroxyl groups excluding tert-OH is 1. The van der Waals surface area contributed by atoms with Gasteiger partial charge in [-0.15, -0.1) is 0 Å². The van der Waals surface area contributed by atoms with Gasteiger partial charge < -0.3 is 10.2 Å². The van der Waals surface area contributed by atoms with Crippen LogP contribution in [-0.4, -0.2) is 39.8 Å². The molecule has 1 rings (SSSR count). The third kappa shape index (κ3) is 3.71. The molecule has 0 bridgehead atoms. The number of benzene rings is 1. The predicted molar refractivity (Wildman–Crippen MR) is 79.4 cm³/mol. The summed E-state index contributed by atoms with van der Waals surface area (Å²) in [6.45, 7) is 10.3. The van der Waals surface area contributed by atoms with Crippen molar-refractivity contribution < 1.29 is 10.2 Å². The molecule has 0 aliphatic heterocycles. The van der Waals surface area contributed by atoms with Gasteiger partial charge in [0.15, 0.2) is 0 Å². The van der Waals surface area contributed by atoms with Crippen molar-refractivity contribution >= 4 is 0 Å². The van der Waals surface area contributed by atoms with Crippen molar-refractivity contribution in [1.82, 2.24) is 4.90 Å². The molecule has 0 amide bonds. The van der Waals surface area contributed by atoms with Crippen molar-refractivity contribution in [3.8, 4) is 5.75 Å². The standard InChI is InChI=1S/C16H27NO2/c1-5-16(4,17(6-2)7-3)15(19)12-13-9-8-10-14(18)11-13/h8-11,15,18-19H,5-7,12H2,1-4H3. The monoisotopic (exact) mass is 265 g/mol. The zero-order valence-electron chi connectivity index (χ0n) is 12.6. The van der Waals surface area contributed by atoms with E-state index in [2.05, 4.69) is 32.6 Å². The van der Waals surface area contributed by atoms with E-state index in [1.807, 2.05) is 12.1 Å². The summed E-state index contributed by atoms with van der Waals surface area (Å²) in [6.07, 6.45) is 1.02. The highest BCUT2D eigenvalue weighted by Gasteiger charge is 2.35. The number of phenols is 1. The maximum absolute atomic E-state index is 10.6. The first-order chi connectivity index (χ1) is 8.97. The van der Waals surface area contributed by atoms with Gasteiger partial charge in [0.1, 0.15) is 5.75 Å². The SMILES string of the molecule is CCN(CC)C(C)(CC)C(O)Cc1cccc(O)c1. The fourth-order valence-corrected chi connectivity index (χ4v) is 2.74. The number of phenolic OH excluding ortho intramolecular Hbond substituents is 1. The topological polar surface area (TPSA) is 43.7 Å². The number of hydrogen-bond donors (Lipinski definition) is 2. The van der Waals surface area contributed by atoms with Crippen LogP contribution in [0.4, 0.5) is 0 Å². The summed E-state index contributed by atoms with van der Waals surface area (Å²) >= 11 is 0. The number of aliphatic hydroxyl groups is 1.